The van der Waals surface area contributed by atoms with Crippen LogP contribution in [0.15, 0.2) is 35.5 Å². The Morgan fingerprint density at radius 1 is 1.42 bits per heavy atom. The summed E-state index contributed by atoms with van der Waals surface area (Å²) in [6.45, 7) is 0. The number of H-pyrrole nitrogens is 1. The van der Waals surface area contributed by atoms with Gasteiger partial charge in [-0.05, 0) is 18.2 Å². The van der Waals surface area contributed by atoms with Crippen LogP contribution in [0.25, 0.3) is 0 Å². The zero-order valence-electron chi connectivity index (χ0n) is 9.42. The Hall–Kier alpha value is -2.06. The molecule has 1 aromatic carbocycles. The molecule has 4 N–H and O–H groups in total. The van der Waals surface area contributed by atoms with E-state index in [2.05, 4.69) is 14.9 Å². The highest BCUT2D eigenvalue weighted by Crippen LogP contribution is 2.22. The van der Waals surface area contributed by atoms with Crippen LogP contribution in [0.3, 0.4) is 0 Å². The summed E-state index contributed by atoms with van der Waals surface area (Å²) >= 11 is 5.82. The van der Waals surface area contributed by atoms with Crippen LogP contribution in [0, 0.1) is 0 Å². The Labute approximate surface area is 113 Å². The first-order chi connectivity index (χ1) is 8.90. The van der Waals surface area contributed by atoms with Gasteiger partial charge in [0.15, 0.2) is 0 Å². The topological polar surface area (TPSA) is 118 Å². The number of carbonyl (C=O) groups excluding carboxylic acids is 1. The fourth-order valence-electron chi connectivity index (χ4n) is 1.38. The van der Waals surface area contributed by atoms with Crippen molar-refractivity contribution in [1.29, 1.82) is 0 Å². The molecule has 0 bridgehead atoms. The SMILES string of the molecule is NC(=O)c1ccc(NS(=O)(=O)c2cn[nH]c2)cc1Cl. The van der Waals surface area contributed by atoms with E-state index in [-0.39, 0.29) is 21.2 Å². The lowest BCUT2D eigenvalue weighted by atomic mass is 10.2. The number of hydrogen-bond donors (Lipinski definition) is 3. The fraction of sp³-hybridized carbons (Fsp3) is 0. The molecule has 2 rings (SSSR count). The Morgan fingerprint density at radius 2 is 2.16 bits per heavy atom. The molecule has 0 saturated heterocycles. The fourth-order valence-corrected chi connectivity index (χ4v) is 2.61. The van der Waals surface area contributed by atoms with Gasteiger partial charge in [0.2, 0.25) is 5.91 Å². The molecule has 1 heterocycles. The number of nitrogens with one attached hydrogen (secondary N) is 2. The first-order valence-electron chi connectivity index (χ1n) is 5.01. The molecule has 0 saturated carbocycles. The molecule has 19 heavy (non-hydrogen) atoms. The number of nitrogens with zero attached hydrogens (tertiary/aromatic N) is 1. The predicted molar refractivity (Wildman–Crippen MR) is 69.4 cm³/mol. The van der Waals surface area contributed by atoms with Crippen LogP contribution in [0.2, 0.25) is 5.02 Å². The maximum Gasteiger partial charge on any atom is 0.265 e. The molecular weight excluding hydrogens is 292 g/mol. The van der Waals surface area contributed by atoms with Gasteiger partial charge in [-0.2, -0.15) is 5.10 Å². The molecule has 0 fully saturated rings. The summed E-state index contributed by atoms with van der Waals surface area (Å²) in [5.74, 6) is -0.686. The predicted octanol–water partition coefficient (Wildman–Crippen LogP) is 0.963. The van der Waals surface area contributed by atoms with Gasteiger partial charge in [0, 0.05) is 6.20 Å². The lowest BCUT2D eigenvalue weighted by Gasteiger charge is -2.07. The summed E-state index contributed by atoms with van der Waals surface area (Å²) in [4.78, 5) is 11.0. The van der Waals surface area contributed by atoms with Crippen LogP contribution in [-0.4, -0.2) is 24.5 Å². The van der Waals surface area contributed by atoms with E-state index in [1.54, 1.807) is 0 Å². The van der Waals surface area contributed by atoms with Gasteiger partial charge in [0.1, 0.15) is 4.90 Å². The van der Waals surface area contributed by atoms with Crippen LogP contribution in [0.4, 0.5) is 5.69 Å². The Morgan fingerprint density at radius 3 is 2.68 bits per heavy atom. The molecule has 1 amide bonds. The van der Waals surface area contributed by atoms with Crippen molar-refractivity contribution in [2.45, 2.75) is 4.90 Å². The lowest BCUT2D eigenvalue weighted by Crippen LogP contribution is -2.14. The third-order valence-corrected chi connectivity index (χ3v) is 3.93. The van der Waals surface area contributed by atoms with Crippen molar-refractivity contribution in [3.63, 3.8) is 0 Å². The zero-order chi connectivity index (χ0) is 14.0. The van der Waals surface area contributed by atoms with E-state index >= 15 is 0 Å². The van der Waals surface area contributed by atoms with Crippen molar-refractivity contribution in [3.05, 3.63) is 41.2 Å². The summed E-state index contributed by atoms with van der Waals surface area (Å²) in [6, 6.07) is 4.04. The smallest absolute Gasteiger partial charge is 0.265 e. The molecule has 0 atom stereocenters. The average molecular weight is 301 g/mol. The summed E-state index contributed by atoms with van der Waals surface area (Å²) in [5.41, 5.74) is 5.43. The van der Waals surface area contributed by atoms with Gasteiger partial charge in [-0.15, -0.1) is 0 Å². The minimum atomic E-state index is -3.74. The molecule has 0 aliphatic heterocycles. The number of carbonyl (C=O) groups is 1. The van der Waals surface area contributed by atoms with E-state index < -0.39 is 15.9 Å². The number of aromatic nitrogens is 2. The van der Waals surface area contributed by atoms with Crippen molar-refractivity contribution in [2.24, 2.45) is 5.73 Å². The summed E-state index contributed by atoms with van der Waals surface area (Å²) in [6.07, 6.45) is 2.41. The molecule has 9 heteroatoms. The standard InChI is InChI=1S/C10H9ClN4O3S/c11-9-3-6(1-2-8(9)10(12)16)15-19(17,18)7-4-13-14-5-7/h1-5,15H,(H2,12,16)(H,13,14). The molecule has 2 aromatic rings. The maximum absolute atomic E-state index is 11.9. The summed E-state index contributed by atoms with van der Waals surface area (Å²) in [5, 5.41) is 6.02. The van der Waals surface area contributed by atoms with Gasteiger partial charge in [-0.3, -0.25) is 14.6 Å². The number of anilines is 1. The largest absolute Gasteiger partial charge is 0.366 e. The highest BCUT2D eigenvalue weighted by molar-refractivity contribution is 7.92. The maximum atomic E-state index is 11.9. The summed E-state index contributed by atoms with van der Waals surface area (Å²) in [7, 11) is -3.74. The van der Waals surface area contributed by atoms with Crippen molar-refractivity contribution >= 4 is 33.2 Å². The minimum Gasteiger partial charge on any atom is -0.366 e. The molecular formula is C10H9ClN4O3S. The monoisotopic (exact) mass is 300 g/mol. The normalized spacial score (nSPS) is 11.2. The minimum absolute atomic E-state index is 0.0115. The van der Waals surface area contributed by atoms with E-state index in [1.165, 1.54) is 30.6 Å². The third kappa shape index (κ3) is 2.85. The van der Waals surface area contributed by atoms with E-state index in [0.29, 0.717) is 0 Å². The Kier molecular flexibility index (Phi) is 3.45. The van der Waals surface area contributed by atoms with Crippen LogP contribution < -0.4 is 10.5 Å². The number of rotatable bonds is 4. The van der Waals surface area contributed by atoms with E-state index in [4.69, 9.17) is 17.3 Å². The second-order valence-electron chi connectivity index (χ2n) is 3.60. The molecule has 0 radical (unpaired) electrons. The van der Waals surface area contributed by atoms with Gasteiger partial charge in [0.05, 0.1) is 22.5 Å². The quantitative estimate of drug-likeness (QED) is 0.779. The second-order valence-corrected chi connectivity index (χ2v) is 5.69. The van der Waals surface area contributed by atoms with Gasteiger partial charge in [-0.1, -0.05) is 11.6 Å². The van der Waals surface area contributed by atoms with Crippen molar-refractivity contribution < 1.29 is 13.2 Å². The molecule has 7 nitrogen and oxygen atoms in total. The van der Waals surface area contributed by atoms with Crippen LogP contribution in [-0.2, 0) is 10.0 Å². The lowest BCUT2D eigenvalue weighted by molar-refractivity contribution is 0.100. The van der Waals surface area contributed by atoms with Crippen LogP contribution >= 0.6 is 11.6 Å². The Balaban J connectivity index is 2.30. The van der Waals surface area contributed by atoms with Crippen molar-refractivity contribution in [1.82, 2.24) is 10.2 Å². The number of amides is 1. The number of aromatic amines is 1. The van der Waals surface area contributed by atoms with E-state index in [1.807, 2.05) is 0 Å². The molecule has 0 unspecified atom stereocenters. The number of hydrogen-bond acceptors (Lipinski definition) is 4. The van der Waals surface area contributed by atoms with Crippen molar-refractivity contribution in [3.8, 4) is 0 Å². The van der Waals surface area contributed by atoms with Gasteiger partial charge < -0.3 is 5.73 Å². The number of halogens is 1. The molecule has 0 spiro atoms. The highest BCUT2D eigenvalue weighted by Gasteiger charge is 2.16. The molecule has 0 aliphatic carbocycles. The molecule has 1 aromatic heterocycles. The van der Waals surface area contributed by atoms with E-state index in [9.17, 15) is 13.2 Å². The van der Waals surface area contributed by atoms with Gasteiger partial charge >= 0.3 is 0 Å². The number of sulfonamides is 1. The highest BCUT2D eigenvalue weighted by atomic mass is 35.5. The number of primary amides is 1. The molecule has 0 aliphatic rings. The Bertz CT molecular complexity index is 712. The van der Waals surface area contributed by atoms with Gasteiger partial charge in [-0.25, -0.2) is 8.42 Å². The first-order valence-corrected chi connectivity index (χ1v) is 6.87. The number of benzene rings is 1. The van der Waals surface area contributed by atoms with E-state index in [0.717, 1.165) is 0 Å². The first kappa shape index (κ1) is 13.4. The average Bonchev–Trinajstić information content (AvgIpc) is 2.81. The summed E-state index contributed by atoms with van der Waals surface area (Å²) < 4.78 is 26.1. The molecule has 100 valence electrons. The number of nitrogens with two attached hydrogens (primary N) is 1. The van der Waals surface area contributed by atoms with Crippen molar-refractivity contribution in [2.75, 3.05) is 4.72 Å². The van der Waals surface area contributed by atoms with Crippen LogP contribution in [0.5, 0.6) is 0 Å². The zero-order valence-corrected chi connectivity index (χ0v) is 11.0. The van der Waals surface area contributed by atoms with Crippen LogP contribution in [0.1, 0.15) is 10.4 Å². The second kappa shape index (κ2) is 4.90. The third-order valence-electron chi connectivity index (χ3n) is 2.27. The van der Waals surface area contributed by atoms with Gasteiger partial charge in [0.25, 0.3) is 10.0 Å².